The highest BCUT2D eigenvalue weighted by atomic mass is 19.4. The minimum Gasteiger partial charge on any atom is -0.440 e. The summed E-state index contributed by atoms with van der Waals surface area (Å²) in [5, 5.41) is 2.10. The summed E-state index contributed by atoms with van der Waals surface area (Å²) in [6.07, 6.45) is -3.70. The van der Waals surface area contributed by atoms with Crippen molar-refractivity contribution >= 4 is 12.0 Å². The minimum atomic E-state index is -4.54. The Bertz CT molecular complexity index is 301. The first-order valence-electron chi connectivity index (χ1n) is 5.63. The Labute approximate surface area is 102 Å². The Morgan fingerprint density at radius 2 is 1.83 bits per heavy atom. The maximum Gasteiger partial charge on any atom is 0.422 e. The number of nitrogens with one attached hydrogen (secondary N) is 1. The number of amides is 2. The van der Waals surface area contributed by atoms with Crippen LogP contribution in [0.5, 0.6) is 0 Å². The first-order chi connectivity index (χ1) is 8.38. The predicted molar refractivity (Wildman–Crippen MR) is 55.8 cm³/mol. The van der Waals surface area contributed by atoms with Crippen LogP contribution in [0, 0.1) is 0 Å². The van der Waals surface area contributed by atoms with Gasteiger partial charge >= 0.3 is 12.3 Å². The quantitative estimate of drug-likeness (QED) is 0.835. The van der Waals surface area contributed by atoms with Crippen LogP contribution in [0.15, 0.2) is 0 Å². The topological polar surface area (TPSA) is 58.6 Å². The molecule has 1 saturated heterocycles. The van der Waals surface area contributed by atoms with E-state index in [1.165, 1.54) is 0 Å². The van der Waals surface area contributed by atoms with E-state index in [0.29, 0.717) is 13.1 Å². The SMILES string of the molecule is O=C(NCCC(=O)N1CCCC1)OCC(F)(F)F. The Hall–Kier alpha value is -1.47. The van der Waals surface area contributed by atoms with Crippen molar-refractivity contribution in [2.75, 3.05) is 26.2 Å². The molecule has 8 heteroatoms. The molecule has 1 N–H and O–H groups in total. The predicted octanol–water partition coefficient (Wildman–Crippen LogP) is 1.29. The number of likely N-dealkylation sites (tertiary alicyclic amines) is 1. The van der Waals surface area contributed by atoms with Crippen LogP contribution in [0.3, 0.4) is 0 Å². The second kappa shape index (κ2) is 6.46. The van der Waals surface area contributed by atoms with Crippen LogP contribution < -0.4 is 5.32 Å². The van der Waals surface area contributed by atoms with Crippen molar-refractivity contribution in [3.8, 4) is 0 Å². The molecule has 0 aliphatic carbocycles. The standard InChI is InChI=1S/C10H15F3N2O3/c11-10(12,13)7-18-9(17)14-4-3-8(16)15-5-1-2-6-15/h1-7H2,(H,14,17). The summed E-state index contributed by atoms with van der Waals surface area (Å²) in [7, 11) is 0. The van der Waals surface area contributed by atoms with E-state index in [1.807, 2.05) is 0 Å². The van der Waals surface area contributed by atoms with E-state index in [9.17, 15) is 22.8 Å². The van der Waals surface area contributed by atoms with Gasteiger partial charge in [0, 0.05) is 26.1 Å². The normalized spacial score (nSPS) is 15.6. The summed E-state index contributed by atoms with van der Waals surface area (Å²) >= 11 is 0. The van der Waals surface area contributed by atoms with Gasteiger partial charge in [0.2, 0.25) is 5.91 Å². The Morgan fingerprint density at radius 3 is 2.39 bits per heavy atom. The maximum absolute atomic E-state index is 11.7. The third-order valence-electron chi connectivity index (χ3n) is 2.43. The van der Waals surface area contributed by atoms with Crippen LogP contribution in [-0.2, 0) is 9.53 Å². The lowest BCUT2D eigenvalue weighted by atomic mass is 10.3. The molecule has 1 heterocycles. The van der Waals surface area contributed by atoms with Crippen LogP contribution in [0.4, 0.5) is 18.0 Å². The van der Waals surface area contributed by atoms with E-state index in [0.717, 1.165) is 12.8 Å². The van der Waals surface area contributed by atoms with Crippen molar-refractivity contribution in [2.45, 2.75) is 25.4 Å². The number of ether oxygens (including phenoxy) is 1. The van der Waals surface area contributed by atoms with Gasteiger partial charge in [0.25, 0.3) is 0 Å². The Balaban J connectivity index is 2.09. The molecule has 0 aromatic carbocycles. The summed E-state index contributed by atoms with van der Waals surface area (Å²) in [6.45, 7) is -0.236. The van der Waals surface area contributed by atoms with Gasteiger partial charge < -0.3 is 15.0 Å². The fourth-order valence-corrected chi connectivity index (χ4v) is 1.59. The Morgan fingerprint density at radius 1 is 1.22 bits per heavy atom. The summed E-state index contributed by atoms with van der Waals surface area (Å²) in [6, 6.07) is 0. The number of carbonyl (C=O) groups excluding carboxylic acids is 2. The van der Waals surface area contributed by atoms with Crippen molar-refractivity contribution in [2.24, 2.45) is 0 Å². The molecule has 0 bridgehead atoms. The van der Waals surface area contributed by atoms with Crippen molar-refractivity contribution in [1.82, 2.24) is 10.2 Å². The number of alkyl halides is 3. The molecule has 0 spiro atoms. The van der Waals surface area contributed by atoms with E-state index < -0.39 is 18.9 Å². The van der Waals surface area contributed by atoms with Gasteiger partial charge in [-0.1, -0.05) is 0 Å². The molecule has 1 aliphatic rings. The smallest absolute Gasteiger partial charge is 0.422 e. The van der Waals surface area contributed by atoms with Gasteiger partial charge in [-0.2, -0.15) is 13.2 Å². The first-order valence-corrected chi connectivity index (χ1v) is 5.63. The van der Waals surface area contributed by atoms with Gasteiger partial charge in [-0.3, -0.25) is 4.79 Å². The van der Waals surface area contributed by atoms with Gasteiger partial charge in [0.05, 0.1) is 0 Å². The number of halogens is 3. The number of carbonyl (C=O) groups is 2. The van der Waals surface area contributed by atoms with Crippen LogP contribution in [0.2, 0.25) is 0 Å². The lowest BCUT2D eigenvalue weighted by Gasteiger charge is -2.15. The number of alkyl carbamates (subject to hydrolysis) is 1. The van der Waals surface area contributed by atoms with E-state index >= 15 is 0 Å². The molecule has 18 heavy (non-hydrogen) atoms. The second-order valence-corrected chi connectivity index (χ2v) is 3.96. The molecule has 0 aromatic heterocycles. The average Bonchev–Trinajstić information content (AvgIpc) is 2.78. The van der Waals surface area contributed by atoms with Crippen molar-refractivity contribution in [3.05, 3.63) is 0 Å². The van der Waals surface area contributed by atoms with Crippen LogP contribution in [0.25, 0.3) is 0 Å². The molecular weight excluding hydrogens is 253 g/mol. The fourth-order valence-electron chi connectivity index (χ4n) is 1.59. The highest BCUT2D eigenvalue weighted by Crippen LogP contribution is 2.14. The summed E-state index contributed by atoms with van der Waals surface area (Å²) in [5.41, 5.74) is 0. The van der Waals surface area contributed by atoms with Crippen LogP contribution in [-0.4, -0.2) is 49.3 Å². The van der Waals surface area contributed by atoms with Gasteiger partial charge in [-0.05, 0) is 12.8 Å². The molecule has 5 nitrogen and oxygen atoms in total. The van der Waals surface area contributed by atoms with Gasteiger partial charge in [-0.25, -0.2) is 4.79 Å². The minimum absolute atomic E-state index is 0.0218. The van der Waals surface area contributed by atoms with E-state index in [1.54, 1.807) is 4.90 Å². The fraction of sp³-hybridized carbons (Fsp3) is 0.800. The summed E-state index contributed by atoms with van der Waals surface area (Å²) in [5.74, 6) is -0.108. The highest BCUT2D eigenvalue weighted by Gasteiger charge is 2.29. The lowest BCUT2D eigenvalue weighted by molar-refractivity contribution is -0.160. The average molecular weight is 268 g/mol. The number of nitrogens with zero attached hydrogens (tertiary/aromatic N) is 1. The van der Waals surface area contributed by atoms with Gasteiger partial charge in [0.1, 0.15) is 0 Å². The molecule has 0 unspecified atom stereocenters. The second-order valence-electron chi connectivity index (χ2n) is 3.96. The molecule has 1 fully saturated rings. The number of rotatable bonds is 4. The van der Waals surface area contributed by atoms with E-state index in [-0.39, 0.29) is 18.9 Å². The number of hydrogen-bond donors (Lipinski definition) is 1. The van der Waals surface area contributed by atoms with Gasteiger partial charge in [-0.15, -0.1) is 0 Å². The molecule has 104 valence electrons. The zero-order chi connectivity index (χ0) is 13.6. The van der Waals surface area contributed by atoms with Gasteiger partial charge in [0.15, 0.2) is 6.61 Å². The number of hydrogen-bond acceptors (Lipinski definition) is 3. The first kappa shape index (κ1) is 14.6. The van der Waals surface area contributed by atoms with E-state index in [2.05, 4.69) is 10.1 Å². The van der Waals surface area contributed by atoms with Crippen molar-refractivity contribution in [3.63, 3.8) is 0 Å². The van der Waals surface area contributed by atoms with E-state index in [4.69, 9.17) is 0 Å². The third kappa shape index (κ3) is 5.74. The van der Waals surface area contributed by atoms with Crippen LogP contribution >= 0.6 is 0 Å². The molecule has 0 saturated carbocycles. The molecule has 0 radical (unpaired) electrons. The zero-order valence-corrected chi connectivity index (χ0v) is 9.76. The molecule has 0 atom stereocenters. The Kier molecular flexibility index (Phi) is 5.24. The molecular formula is C10H15F3N2O3. The molecule has 1 aliphatic heterocycles. The molecule has 0 aromatic rings. The van der Waals surface area contributed by atoms with Crippen molar-refractivity contribution in [1.29, 1.82) is 0 Å². The molecule has 2 amide bonds. The van der Waals surface area contributed by atoms with Crippen LogP contribution in [0.1, 0.15) is 19.3 Å². The lowest BCUT2D eigenvalue weighted by Crippen LogP contribution is -2.34. The summed E-state index contributed by atoms with van der Waals surface area (Å²) in [4.78, 5) is 24.0. The zero-order valence-electron chi connectivity index (χ0n) is 9.76. The monoisotopic (exact) mass is 268 g/mol. The maximum atomic E-state index is 11.7. The highest BCUT2D eigenvalue weighted by molar-refractivity contribution is 5.77. The third-order valence-corrected chi connectivity index (χ3v) is 2.43. The van der Waals surface area contributed by atoms with Crippen molar-refractivity contribution < 1.29 is 27.5 Å². The summed E-state index contributed by atoms with van der Waals surface area (Å²) < 4.78 is 39.0. The largest absolute Gasteiger partial charge is 0.440 e. The molecule has 1 rings (SSSR count).